The summed E-state index contributed by atoms with van der Waals surface area (Å²) in [5.74, 6) is 1.80. The first-order valence-corrected chi connectivity index (χ1v) is 6.82. The van der Waals surface area contributed by atoms with Gasteiger partial charge in [-0.3, -0.25) is 9.69 Å². The SMILES string of the molecule is CC1(C(=O)O)CCCN(C2CCSC2)C1. The summed E-state index contributed by atoms with van der Waals surface area (Å²) in [6.45, 7) is 3.73. The van der Waals surface area contributed by atoms with E-state index in [1.165, 1.54) is 17.9 Å². The minimum atomic E-state index is -0.627. The Labute approximate surface area is 95.2 Å². The molecule has 2 fully saturated rings. The topological polar surface area (TPSA) is 40.5 Å². The Hall–Kier alpha value is -0.220. The molecule has 0 aromatic rings. The summed E-state index contributed by atoms with van der Waals surface area (Å²) in [4.78, 5) is 13.6. The van der Waals surface area contributed by atoms with Crippen LogP contribution in [0.1, 0.15) is 26.2 Å². The number of carboxylic acids is 1. The summed E-state index contributed by atoms with van der Waals surface area (Å²) in [5, 5.41) is 9.23. The Kier molecular flexibility index (Phi) is 3.26. The van der Waals surface area contributed by atoms with E-state index in [1.54, 1.807) is 0 Å². The number of thioether (sulfide) groups is 1. The molecule has 0 bridgehead atoms. The molecular formula is C11H19NO2S. The fourth-order valence-electron chi connectivity index (χ4n) is 2.57. The third-order valence-corrected chi connectivity index (χ3v) is 4.81. The highest BCUT2D eigenvalue weighted by atomic mass is 32.2. The molecule has 0 aliphatic carbocycles. The predicted octanol–water partition coefficient (Wildman–Crippen LogP) is 1.68. The van der Waals surface area contributed by atoms with E-state index in [-0.39, 0.29) is 0 Å². The molecule has 2 heterocycles. The quantitative estimate of drug-likeness (QED) is 0.782. The monoisotopic (exact) mass is 229 g/mol. The van der Waals surface area contributed by atoms with Gasteiger partial charge < -0.3 is 5.11 Å². The average molecular weight is 229 g/mol. The lowest BCUT2D eigenvalue weighted by molar-refractivity contribution is -0.151. The molecule has 2 aliphatic heterocycles. The van der Waals surface area contributed by atoms with Crippen molar-refractivity contribution in [1.82, 2.24) is 4.90 Å². The lowest BCUT2D eigenvalue weighted by Crippen LogP contribution is -2.50. The summed E-state index contributed by atoms with van der Waals surface area (Å²) in [7, 11) is 0. The standard InChI is InChI=1S/C11H19NO2S/c1-11(10(13)14)4-2-5-12(8-11)9-3-6-15-7-9/h9H,2-8H2,1H3,(H,13,14). The molecule has 0 radical (unpaired) electrons. The molecule has 2 unspecified atom stereocenters. The van der Waals surface area contributed by atoms with E-state index in [4.69, 9.17) is 0 Å². The van der Waals surface area contributed by atoms with Gasteiger partial charge in [0, 0.05) is 18.3 Å². The van der Waals surface area contributed by atoms with Crippen LogP contribution in [0.4, 0.5) is 0 Å². The summed E-state index contributed by atoms with van der Waals surface area (Å²) in [6, 6.07) is 0.633. The highest BCUT2D eigenvalue weighted by Gasteiger charge is 2.40. The molecule has 0 aromatic heterocycles. The van der Waals surface area contributed by atoms with Crippen LogP contribution in [0.3, 0.4) is 0 Å². The van der Waals surface area contributed by atoms with Crippen LogP contribution in [0, 0.1) is 5.41 Å². The molecule has 4 heteroatoms. The maximum atomic E-state index is 11.2. The van der Waals surface area contributed by atoms with Crippen LogP contribution in [-0.4, -0.2) is 46.6 Å². The molecule has 2 saturated heterocycles. The lowest BCUT2D eigenvalue weighted by Gasteiger charge is -2.40. The van der Waals surface area contributed by atoms with Crippen LogP contribution in [-0.2, 0) is 4.79 Å². The number of carbonyl (C=O) groups is 1. The van der Waals surface area contributed by atoms with Crippen molar-refractivity contribution in [1.29, 1.82) is 0 Å². The van der Waals surface area contributed by atoms with Gasteiger partial charge in [0.1, 0.15) is 0 Å². The van der Waals surface area contributed by atoms with Crippen molar-refractivity contribution in [2.45, 2.75) is 32.2 Å². The van der Waals surface area contributed by atoms with Crippen molar-refractivity contribution in [3.05, 3.63) is 0 Å². The van der Waals surface area contributed by atoms with Crippen LogP contribution in [0.2, 0.25) is 0 Å². The first-order chi connectivity index (χ1) is 7.12. The second kappa shape index (κ2) is 4.34. The molecule has 0 aromatic carbocycles. The molecule has 0 amide bonds. The molecule has 15 heavy (non-hydrogen) atoms. The molecule has 0 spiro atoms. The summed E-state index contributed by atoms with van der Waals surface area (Å²) in [6.07, 6.45) is 3.10. The van der Waals surface area contributed by atoms with E-state index in [0.29, 0.717) is 6.04 Å². The highest BCUT2D eigenvalue weighted by molar-refractivity contribution is 7.99. The van der Waals surface area contributed by atoms with Gasteiger partial charge in [0.15, 0.2) is 0 Å². The molecule has 2 atom stereocenters. The fourth-order valence-corrected chi connectivity index (χ4v) is 3.83. The Balaban J connectivity index is 2.00. The van der Waals surface area contributed by atoms with Gasteiger partial charge in [-0.2, -0.15) is 11.8 Å². The Bertz CT molecular complexity index is 253. The number of hydrogen-bond acceptors (Lipinski definition) is 3. The Morgan fingerprint density at radius 1 is 1.60 bits per heavy atom. The van der Waals surface area contributed by atoms with E-state index in [1.807, 2.05) is 18.7 Å². The van der Waals surface area contributed by atoms with Crippen molar-refractivity contribution in [2.24, 2.45) is 5.41 Å². The number of carboxylic acid groups (broad SMARTS) is 1. The summed E-state index contributed by atoms with van der Waals surface area (Å²) < 4.78 is 0. The largest absolute Gasteiger partial charge is 0.481 e. The van der Waals surface area contributed by atoms with Gasteiger partial charge in [-0.15, -0.1) is 0 Å². The molecule has 3 nitrogen and oxygen atoms in total. The van der Waals surface area contributed by atoms with Gasteiger partial charge >= 0.3 is 5.97 Å². The minimum Gasteiger partial charge on any atom is -0.481 e. The normalized spacial score (nSPS) is 38.1. The molecule has 1 N–H and O–H groups in total. The number of rotatable bonds is 2. The van der Waals surface area contributed by atoms with Gasteiger partial charge in [0.2, 0.25) is 0 Å². The number of likely N-dealkylation sites (tertiary alicyclic amines) is 1. The van der Waals surface area contributed by atoms with Crippen LogP contribution >= 0.6 is 11.8 Å². The van der Waals surface area contributed by atoms with Gasteiger partial charge in [0.25, 0.3) is 0 Å². The van der Waals surface area contributed by atoms with Crippen molar-refractivity contribution in [2.75, 3.05) is 24.6 Å². The average Bonchev–Trinajstić information content (AvgIpc) is 2.70. The first kappa shape index (κ1) is 11.3. The zero-order chi connectivity index (χ0) is 10.9. The van der Waals surface area contributed by atoms with E-state index < -0.39 is 11.4 Å². The van der Waals surface area contributed by atoms with Gasteiger partial charge in [-0.1, -0.05) is 0 Å². The van der Waals surface area contributed by atoms with Gasteiger partial charge in [-0.05, 0) is 38.5 Å². The third kappa shape index (κ3) is 2.31. The number of hydrogen-bond donors (Lipinski definition) is 1. The fraction of sp³-hybridized carbons (Fsp3) is 0.909. The van der Waals surface area contributed by atoms with E-state index in [0.717, 1.165) is 25.9 Å². The third-order valence-electron chi connectivity index (χ3n) is 3.66. The minimum absolute atomic E-state index is 0.508. The molecule has 2 rings (SSSR count). The highest BCUT2D eigenvalue weighted by Crippen LogP contribution is 2.33. The van der Waals surface area contributed by atoms with Crippen LogP contribution in [0.15, 0.2) is 0 Å². The van der Waals surface area contributed by atoms with Crippen LogP contribution < -0.4 is 0 Å². The van der Waals surface area contributed by atoms with E-state index in [9.17, 15) is 9.90 Å². The number of piperidine rings is 1. The first-order valence-electron chi connectivity index (χ1n) is 5.67. The van der Waals surface area contributed by atoms with E-state index in [2.05, 4.69) is 4.90 Å². The van der Waals surface area contributed by atoms with E-state index >= 15 is 0 Å². The van der Waals surface area contributed by atoms with Crippen LogP contribution in [0.5, 0.6) is 0 Å². The maximum Gasteiger partial charge on any atom is 0.310 e. The van der Waals surface area contributed by atoms with Crippen molar-refractivity contribution < 1.29 is 9.90 Å². The van der Waals surface area contributed by atoms with Crippen molar-refractivity contribution >= 4 is 17.7 Å². The number of aliphatic carboxylic acids is 1. The molecule has 2 aliphatic rings. The van der Waals surface area contributed by atoms with Crippen molar-refractivity contribution in [3.63, 3.8) is 0 Å². The molecular weight excluding hydrogens is 210 g/mol. The molecule has 0 saturated carbocycles. The lowest BCUT2D eigenvalue weighted by atomic mass is 9.81. The molecule has 86 valence electrons. The smallest absolute Gasteiger partial charge is 0.310 e. The predicted molar refractivity (Wildman–Crippen MR) is 62.3 cm³/mol. The Morgan fingerprint density at radius 3 is 3.00 bits per heavy atom. The van der Waals surface area contributed by atoms with Crippen molar-refractivity contribution in [3.8, 4) is 0 Å². The van der Waals surface area contributed by atoms with Gasteiger partial charge in [0.05, 0.1) is 5.41 Å². The zero-order valence-corrected chi connectivity index (χ0v) is 10.1. The summed E-state index contributed by atoms with van der Waals surface area (Å²) in [5.41, 5.74) is -0.508. The summed E-state index contributed by atoms with van der Waals surface area (Å²) >= 11 is 2.00. The Morgan fingerprint density at radius 2 is 2.40 bits per heavy atom. The maximum absolute atomic E-state index is 11.2. The van der Waals surface area contributed by atoms with Crippen LogP contribution in [0.25, 0.3) is 0 Å². The zero-order valence-electron chi connectivity index (χ0n) is 9.24. The second-order valence-corrected chi connectivity index (χ2v) is 6.11. The van der Waals surface area contributed by atoms with Gasteiger partial charge in [-0.25, -0.2) is 0 Å². The second-order valence-electron chi connectivity index (χ2n) is 4.96. The number of nitrogens with zero attached hydrogens (tertiary/aromatic N) is 1.